The fourth-order valence-electron chi connectivity index (χ4n) is 1.76. The number of hydrogen-bond donors (Lipinski definition) is 3. The Morgan fingerprint density at radius 3 is 2.60 bits per heavy atom. The van der Waals surface area contributed by atoms with Crippen molar-refractivity contribution in [2.45, 2.75) is 19.9 Å². The van der Waals surface area contributed by atoms with E-state index in [1.54, 1.807) is 30.0 Å². The van der Waals surface area contributed by atoms with Crippen LogP contribution in [0.1, 0.15) is 13.8 Å². The van der Waals surface area contributed by atoms with E-state index in [0.717, 1.165) is 0 Å². The lowest BCUT2D eigenvalue weighted by Crippen LogP contribution is -2.45. The predicted molar refractivity (Wildman–Crippen MR) is 80.4 cm³/mol. The molecule has 0 bridgehead atoms. The number of nitrogens with two attached hydrogens (primary N) is 2. The summed E-state index contributed by atoms with van der Waals surface area (Å²) in [5.41, 5.74) is 11.7. The summed E-state index contributed by atoms with van der Waals surface area (Å²) in [5.74, 6) is -0.739. The number of nitrogen functional groups attached to an aromatic ring is 1. The van der Waals surface area contributed by atoms with E-state index in [0.29, 0.717) is 22.9 Å². The minimum absolute atomic E-state index is 0.0283. The summed E-state index contributed by atoms with van der Waals surface area (Å²) >= 11 is 5.99. The second-order valence-electron chi connectivity index (χ2n) is 4.43. The van der Waals surface area contributed by atoms with Crippen molar-refractivity contribution < 1.29 is 9.59 Å². The molecule has 0 radical (unpaired) electrons. The van der Waals surface area contributed by atoms with Gasteiger partial charge in [0.25, 0.3) is 0 Å². The SMILES string of the molecule is CCN(CC(N)=O)C(C)C(=O)Nc1ccc(N)cc1Cl. The Balaban J connectivity index is 2.76. The van der Waals surface area contributed by atoms with Crippen LogP contribution in [0.5, 0.6) is 0 Å². The van der Waals surface area contributed by atoms with Gasteiger partial charge in [-0.3, -0.25) is 14.5 Å². The number of benzene rings is 1. The fraction of sp³-hybridized carbons (Fsp3) is 0.385. The molecule has 0 aliphatic carbocycles. The lowest BCUT2D eigenvalue weighted by atomic mass is 10.2. The molecule has 0 aromatic heterocycles. The summed E-state index contributed by atoms with van der Waals surface area (Å²) in [7, 11) is 0. The first kappa shape index (κ1) is 16.3. The molecule has 1 unspecified atom stereocenters. The highest BCUT2D eigenvalue weighted by atomic mass is 35.5. The number of anilines is 2. The van der Waals surface area contributed by atoms with Crippen molar-refractivity contribution in [1.82, 2.24) is 4.90 Å². The number of hydrogen-bond acceptors (Lipinski definition) is 4. The monoisotopic (exact) mass is 298 g/mol. The number of likely N-dealkylation sites (N-methyl/N-ethyl adjacent to an activating group) is 1. The molecule has 0 saturated carbocycles. The molecule has 1 atom stereocenters. The van der Waals surface area contributed by atoms with Crippen molar-refractivity contribution >= 4 is 34.8 Å². The van der Waals surface area contributed by atoms with E-state index < -0.39 is 11.9 Å². The topological polar surface area (TPSA) is 101 Å². The van der Waals surface area contributed by atoms with Gasteiger partial charge in [-0.2, -0.15) is 0 Å². The van der Waals surface area contributed by atoms with Gasteiger partial charge in [0, 0.05) is 5.69 Å². The van der Waals surface area contributed by atoms with Crippen molar-refractivity contribution in [1.29, 1.82) is 0 Å². The van der Waals surface area contributed by atoms with Gasteiger partial charge < -0.3 is 16.8 Å². The summed E-state index contributed by atoms with van der Waals surface area (Å²) in [4.78, 5) is 24.8. The third-order valence-corrected chi connectivity index (χ3v) is 3.26. The van der Waals surface area contributed by atoms with Gasteiger partial charge in [-0.05, 0) is 31.7 Å². The quantitative estimate of drug-likeness (QED) is 0.683. The molecule has 0 heterocycles. The smallest absolute Gasteiger partial charge is 0.241 e. The molecule has 2 amide bonds. The van der Waals surface area contributed by atoms with Crippen LogP contribution in [-0.4, -0.2) is 35.8 Å². The summed E-state index contributed by atoms with van der Waals surface area (Å²) < 4.78 is 0. The Kier molecular flexibility index (Phi) is 5.79. The third kappa shape index (κ3) is 4.40. The second kappa shape index (κ2) is 7.12. The number of nitrogens with zero attached hydrogens (tertiary/aromatic N) is 1. The zero-order valence-corrected chi connectivity index (χ0v) is 12.3. The van der Waals surface area contributed by atoms with Crippen LogP contribution in [-0.2, 0) is 9.59 Å². The number of halogens is 1. The van der Waals surface area contributed by atoms with Gasteiger partial charge in [0.15, 0.2) is 0 Å². The Labute approximate surface area is 123 Å². The first-order valence-corrected chi connectivity index (χ1v) is 6.61. The van der Waals surface area contributed by atoms with Gasteiger partial charge in [-0.1, -0.05) is 18.5 Å². The van der Waals surface area contributed by atoms with E-state index >= 15 is 0 Å². The molecule has 1 aromatic carbocycles. The fourth-order valence-corrected chi connectivity index (χ4v) is 1.99. The van der Waals surface area contributed by atoms with Gasteiger partial charge in [0.05, 0.1) is 23.3 Å². The van der Waals surface area contributed by atoms with E-state index in [2.05, 4.69) is 5.32 Å². The average molecular weight is 299 g/mol. The molecule has 1 rings (SSSR count). The number of carbonyl (C=O) groups is 2. The summed E-state index contributed by atoms with van der Waals surface area (Å²) in [6.45, 7) is 4.11. The van der Waals surface area contributed by atoms with Gasteiger partial charge in [-0.15, -0.1) is 0 Å². The van der Waals surface area contributed by atoms with Crippen LogP contribution in [0, 0.1) is 0 Å². The first-order valence-electron chi connectivity index (χ1n) is 6.23. The number of carbonyl (C=O) groups excluding carboxylic acids is 2. The van der Waals surface area contributed by atoms with Gasteiger partial charge in [0.2, 0.25) is 11.8 Å². The molecular formula is C13H19ClN4O2. The molecule has 1 aromatic rings. The van der Waals surface area contributed by atoms with E-state index in [4.69, 9.17) is 23.1 Å². The molecular weight excluding hydrogens is 280 g/mol. The molecule has 6 nitrogen and oxygen atoms in total. The van der Waals surface area contributed by atoms with Gasteiger partial charge in [0.1, 0.15) is 0 Å². The summed E-state index contributed by atoms with van der Waals surface area (Å²) in [6.07, 6.45) is 0. The molecule has 5 N–H and O–H groups in total. The number of amides is 2. The van der Waals surface area contributed by atoms with E-state index in [1.165, 1.54) is 0 Å². The highest BCUT2D eigenvalue weighted by Crippen LogP contribution is 2.24. The van der Waals surface area contributed by atoms with Crippen LogP contribution in [0.15, 0.2) is 18.2 Å². The lowest BCUT2D eigenvalue weighted by molar-refractivity contribution is -0.123. The zero-order chi connectivity index (χ0) is 15.3. The largest absolute Gasteiger partial charge is 0.399 e. The van der Waals surface area contributed by atoms with Gasteiger partial charge >= 0.3 is 0 Å². The Hall–Kier alpha value is -1.79. The maximum Gasteiger partial charge on any atom is 0.241 e. The highest BCUT2D eigenvalue weighted by molar-refractivity contribution is 6.34. The normalized spacial score (nSPS) is 12.2. The summed E-state index contributed by atoms with van der Waals surface area (Å²) in [5, 5.41) is 3.07. The molecule has 7 heteroatoms. The Bertz CT molecular complexity index is 507. The standard InChI is InChI=1S/C13H19ClN4O2/c1-3-18(7-12(16)19)8(2)13(20)17-11-5-4-9(15)6-10(11)14/h4-6,8H,3,7,15H2,1-2H3,(H2,16,19)(H,17,20). The highest BCUT2D eigenvalue weighted by Gasteiger charge is 2.21. The maximum absolute atomic E-state index is 12.1. The maximum atomic E-state index is 12.1. The van der Waals surface area contributed by atoms with Crippen LogP contribution < -0.4 is 16.8 Å². The van der Waals surface area contributed by atoms with Crippen LogP contribution >= 0.6 is 11.6 Å². The van der Waals surface area contributed by atoms with E-state index in [1.807, 2.05) is 6.92 Å². The van der Waals surface area contributed by atoms with Crippen molar-refractivity contribution in [3.63, 3.8) is 0 Å². The molecule has 0 saturated heterocycles. The van der Waals surface area contributed by atoms with Crippen molar-refractivity contribution in [3.8, 4) is 0 Å². The lowest BCUT2D eigenvalue weighted by Gasteiger charge is -2.25. The Morgan fingerprint density at radius 1 is 1.45 bits per heavy atom. The number of primary amides is 1. The van der Waals surface area contributed by atoms with E-state index in [-0.39, 0.29) is 12.5 Å². The van der Waals surface area contributed by atoms with Crippen molar-refractivity contribution in [2.75, 3.05) is 24.1 Å². The second-order valence-corrected chi connectivity index (χ2v) is 4.84. The van der Waals surface area contributed by atoms with Crippen molar-refractivity contribution in [2.24, 2.45) is 5.73 Å². The minimum Gasteiger partial charge on any atom is -0.399 e. The van der Waals surface area contributed by atoms with Crippen LogP contribution in [0.3, 0.4) is 0 Å². The molecule has 0 spiro atoms. The van der Waals surface area contributed by atoms with Gasteiger partial charge in [-0.25, -0.2) is 0 Å². The molecule has 0 aliphatic rings. The molecule has 20 heavy (non-hydrogen) atoms. The minimum atomic E-state index is -0.499. The van der Waals surface area contributed by atoms with Crippen molar-refractivity contribution in [3.05, 3.63) is 23.2 Å². The van der Waals surface area contributed by atoms with Crippen LogP contribution in [0.25, 0.3) is 0 Å². The average Bonchev–Trinajstić information content (AvgIpc) is 2.38. The molecule has 0 aliphatic heterocycles. The molecule has 110 valence electrons. The van der Waals surface area contributed by atoms with Crippen LogP contribution in [0.2, 0.25) is 5.02 Å². The molecule has 0 fully saturated rings. The van der Waals surface area contributed by atoms with Crippen LogP contribution in [0.4, 0.5) is 11.4 Å². The predicted octanol–water partition coefficient (Wildman–Crippen LogP) is 1.06. The zero-order valence-electron chi connectivity index (χ0n) is 11.5. The van der Waals surface area contributed by atoms with E-state index in [9.17, 15) is 9.59 Å². The third-order valence-electron chi connectivity index (χ3n) is 2.94. The number of rotatable bonds is 6. The Morgan fingerprint density at radius 2 is 2.10 bits per heavy atom. The number of nitrogens with one attached hydrogen (secondary N) is 1. The summed E-state index contributed by atoms with van der Waals surface area (Å²) in [6, 6.07) is 4.34. The first-order chi connectivity index (χ1) is 9.35.